The number of likely N-dealkylation sites (N-methyl/N-ethyl adjacent to an activating group) is 1. The van der Waals surface area contributed by atoms with Crippen LogP contribution in [0.4, 0.5) is 4.79 Å². The first-order valence-electron chi connectivity index (χ1n) is 10.4. The van der Waals surface area contributed by atoms with Crippen LogP contribution in [-0.2, 0) is 11.3 Å². The van der Waals surface area contributed by atoms with Gasteiger partial charge in [-0.3, -0.25) is 10.1 Å². The van der Waals surface area contributed by atoms with Crippen molar-refractivity contribution < 1.29 is 14.5 Å². The van der Waals surface area contributed by atoms with Crippen molar-refractivity contribution in [1.29, 1.82) is 0 Å². The maximum absolute atomic E-state index is 12.6. The molecule has 4 bridgehead atoms. The van der Waals surface area contributed by atoms with Crippen molar-refractivity contribution in [1.82, 2.24) is 10.6 Å². The van der Waals surface area contributed by atoms with E-state index in [1.165, 1.54) is 24.8 Å². The van der Waals surface area contributed by atoms with Crippen LogP contribution in [0.2, 0.25) is 0 Å². The Bertz CT molecular complexity index is 667. The van der Waals surface area contributed by atoms with Crippen molar-refractivity contribution in [2.45, 2.75) is 63.6 Å². The molecular formula is C22H32N3O2+. The molecular weight excluding hydrogens is 338 g/mol. The van der Waals surface area contributed by atoms with Crippen molar-refractivity contribution in [3.05, 3.63) is 35.9 Å². The molecule has 4 aliphatic carbocycles. The minimum atomic E-state index is -0.304. The normalized spacial score (nSPS) is 33.3. The Morgan fingerprint density at radius 1 is 1.07 bits per heavy atom. The van der Waals surface area contributed by atoms with Crippen LogP contribution in [0.15, 0.2) is 30.3 Å². The molecule has 4 aliphatic rings. The highest BCUT2D eigenvalue weighted by Crippen LogP contribution is 2.55. The molecule has 27 heavy (non-hydrogen) atoms. The lowest BCUT2D eigenvalue weighted by atomic mass is 9.53. The molecule has 5 rings (SSSR count). The molecule has 5 nitrogen and oxygen atoms in total. The van der Waals surface area contributed by atoms with Gasteiger partial charge in [-0.2, -0.15) is 0 Å². The molecule has 0 radical (unpaired) electrons. The SMILES string of the molecule is C[C@@H](C(=O)NC(=O)NC12CC3CC(CC(C3)C1)C2)[NH+](C)Cc1ccccc1. The Labute approximate surface area is 161 Å². The molecule has 4 saturated carbocycles. The van der Waals surface area contributed by atoms with Crippen LogP contribution in [0.3, 0.4) is 0 Å². The number of urea groups is 1. The third kappa shape index (κ3) is 4.03. The molecule has 0 saturated heterocycles. The average molecular weight is 371 g/mol. The van der Waals surface area contributed by atoms with Crippen LogP contribution in [0.1, 0.15) is 51.0 Å². The molecule has 3 N–H and O–H groups in total. The van der Waals surface area contributed by atoms with Crippen LogP contribution >= 0.6 is 0 Å². The van der Waals surface area contributed by atoms with E-state index in [9.17, 15) is 9.59 Å². The summed E-state index contributed by atoms with van der Waals surface area (Å²) in [5.41, 5.74) is 1.12. The van der Waals surface area contributed by atoms with Gasteiger partial charge in [-0.1, -0.05) is 30.3 Å². The molecule has 3 amide bonds. The number of amides is 3. The van der Waals surface area contributed by atoms with Gasteiger partial charge in [0.2, 0.25) is 0 Å². The summed E-state index contributed by atoms with van der Waals surface area (Å²) in [5, 5.41) is 5.83. The number of hydrogen-bond acceptors (Lipinski definition) is 2. The fourth-order valence-electron chi connectivity index (χ4n) is 6.05. The van der Waals surface area contributed by atoms with Crippen LogP contribution in [0.5, 0.6) is 0 Å². The number of quaternary nitrogens is 1. The maximum atomic E-state index is 12.6. The fraction of sp³-hybridized carbons (Fsp3) is 0.636. The van der Waals surface area contributed by atoms with E-state index in [2.05, 4.69) is 22.8 Å². The van der Waals surface area contributed by atoms with Crippen LogP contribution in [0, 0.1) is 17.8 Å². The summed E-state index contributed by atoms with van der Waals surface area (Å²) in [6, 6.07) is 9.54. The van der Waals surface area contributed by atoms with Gasteiger partial charge in [0.05, 0.1) is 7.05 Å². The number of imide groups is 1. The van der Waals surface area contributed by atoms with E-state index in [1.807, 2.05) is 32.2 Å². The Morgan fingerprint density at radius 3 is 2.19 bits per heavy atom. The molecule has 2 atom stereocenters. The van der Waals surface area contributed by atoms with E-state index in [0.29, 0.717) is 0 Å². The minimum absolute atomic E-state index is 0.0643. The zero-order chi connectivity index (χ0) is 19.0. The quantitative estimate of drug-likeness (QED) is 0.741. The van der Waals surface area contributed by atoms with Crippen molar-refractivity contribution in [2.75, 3.05) is 7.05 Å². The van der Waals surface area contributed by atoms with Gasteiger partial charge in [-0.05, 0) is 63.2 Å². The van der Waals surface area contributed by atoms with Crippen molar-refractivity contribution in [2.24, 2.45) is 17.8 Å². The molecule has 0 aromatic heterocycles. The summed E-state index contributed by atoms with van der Waals surface area (Å²) >= 11 is 0. The minimum Gasteiger partial charge on any atom is -0.332 e. The van der Waals surface area contributed by atoms with E-state index in [0.717, 1.165) is 48.5 Å². The second-order valence-electron chi connectivity index (χ2n) is 9.37. The standard InChI is InChI=1S/C22H31N3O2/c1-15(25(2)14-16-6-4-3-5-7-16)20(26)23-21(27)24-22-11-17-8-18(12-22)10-19(9-17)13-22/h3-7,15,17-19H,8-14H2,1-2H3,(H2,23,24,26,27)/p+1/t15-,17?,18?,19?,22?/m0/s1. The largest absolute Gasteiger partial charge is 0.332 e. The van der Waals surface area contributed by atoms with Gasteiger partial charge >= 0.3 is 6.03 Å². The number of nitrogens with one attached hydrogen (secondary N) is 3. The van der Waals surface area contributed by atoms with Crippen LogP contribution in [-0.4, -0.2) is 30.6 Å². The lowest BCUT2D eigenvalue weighted by molar-refractivity contribution is -0.908. The summed E-state index contributed by atoms with van der Waals surface area (Å²) in [6.07, 6.45) is 7.30. The summed E-state index contributed by atoms with van der Waals surface area (Å²) in [7, 11) is 1.99. The first kappa shape index (κ1) is 18.5. The van der Waals surface area contributed by atoms with E-state index in [4.69, 9.17) is 0 Å². The molecule has 1 unspecified atom stereocenters. The zero-order valence-corrected chi connectivity index (χ0v) is 16.5. The average Bonchev–Trinajstić information content (AvgIpc) is 2.60. The van der Waals surface area contributed by atoms with Crippen molar-refractivity contribution in [3.8, 4) is 0 Å². The summed E-state index contributed by atoms with van der Waals surface area (Å²) in [5.74, 6) is 2.11. The molecule has 1 aromatic rings. The van der Waals surface area contributed by atoms with Gasteiger partial charge in [0.25, 0.3) is 5.91 Å². The topological polar surface area (TPSA) is 62.6 Å². The monoisotopic (exact) mass is 370 g/mol. The van der Waals surface area contributed by atoms with Crippen molar-refractivity contribution in [3.63, 3.8) is 0 Å². The maximum Gasteiger partial charge on any atom is 0.322 e. The number of hydrogen-bond donors (Lipinski definition) is 3. The number of rotatable bonds is 5. The van der Waals surface area contributed by atoms with Gasteiger partial charge in [0, 0.05) is 11.1 Å². The molecule has 5 heteroatoms. The Kier molecular flexibility index (Phi) is 4.97. The molecule has 0 aliphatic heterocycles. The summed E-state index contributed by atoms with van der Waals surface area (Å²) in [6.45, 7) is 2.64. The van der Waals surface area contributed by atoms with E-state index < -0.39 is 0 Å². The summed E-state index contributed by atoms with van der Waals surface area (Å²) < 4.78 is 0. The predicted octanol–water partition coefficient (Wildman–Crippen LogP) is 1.88. The molecule has 146 valence electrons. The van der Waals surface area contributed by atoms with E-state index in [1.54, 1.807) is 0 Å². The highest BCUT2D eigenvalue weighted by atomic mass is 16.2. The zero-order valence-electron chi connectivity index (χ0n) is 16.5. The van der Waals surface area contributed by atoms with Crippen LogP contribution in [0.25, 0.3) is 0 Å². The second kappa shape index (κ2) is 7.27. The van der Waals surface area contributed by atoms with Gasteiger partial charge in [-0.25, -0.2) is 4.79 Å². The first-order valence-corrected chi connectivity index (χ1v) is 10.4. The van der Waals surface area contributed by atoms with E-state index in [-0.39, 0.29) is 23.5 Å². The number of carbonyl (C=O) groups excluding carboxylic acids is 2. The molecule has 0 spiro atoms. The lowest BCUT2D eigenvalue weighted by Gasteiger charge is -2.56. The predicted molar refractivity (Wildman–Crippen MR) is 104 cm³/mol. The lowest BCUT2D eigenvalue weighted by Crippen LogP contribution is -3.12. The molecule has 4 fully saturated rings. The summed E-state index contributed by atoms with van der Waals surface area (Å²) in [4.78, 5) is 26.2. The number of benzene rings is 1. The van der Waals surface area contributed by atoms with Crippen LogP contribution < -0.4 is 15.5 Å². The third-order valence-corrected chi connectivity index (χ3v) is 7.11. The Morgan fingerprint density at radius 2 is 1.63 bits per heavy atom. The van der Waals surface area contributed by atoms with Gasteiger partial charge < -0.3 is 10.2 Å². The molecule has 1 aromatic carbocycles. The molecule has 0 heterocycles. The smallest absolute Gasteiger partial charge is 0.322 e. The highest BCUT2D eigenvalue weighted by Gasteiger charge is 2.51. The second-order valence-corrected chi connectivity index (χ2v) is 9.37. The Balaban J connectivity index is 1.30. The Hall–Kier alpha value is -1.88. The highest BCUT2D eigenvalue weighted by molar-refractivity contribution is 5.96. The van der Waals surface area contributed by atoms with E-state index >= 15 is 0 Å². The van der Waals surface area contributed by atoms with Crippen molar-refractivity contribution >= 4 is 11.9 Å². The van der Waals surface area contributed by atoms with Gasteiger partial charge in [-0.15, -0.1) is 0 Å². The third-order valence-electron chi connectivity index (χ3n) is 7.11. The number of carbonyl (C=O) groups is 2. The van der Waals surface area contributed by atoms with Gasteiger partial charge in [0.1, 0.15) is 6.54 Å². The first-order chi connectivity index (χ1) is 12.9. The fourth-order valence-corrected chi connectivity index (χ4v) is 6.05. The van der Waals surface area contributed by atoms with Gasteiger partial charge in [0.15, 0.2) is 6.04 Å².